The van der Waals surface area contributed by atoms with Gasteiger partial charge in [-0.2, -0.15) is 0 Å². The fourth-order valence-corrected chi connectivity index (χ4v) is 4.89. The van der Waals surface area contributed by atoms with Crippen molar-refractivity contribution in [2.24, 2.45) is 4.99 Å². The lowest BCUT2D eigenvalue weighted by Gasteiger charge is -2.33. The topological polar surface area (TPSA) is 65.0 Å². The van der Waals surface area contributed by atoms with Crippen LogP contribution >= 0.6 is 35.3 Å². The Morgan fingerprint density at radius 3 is 2.68 bits per heavy atom. The maximum atomic E-state index is 5.69. The number of hydrogen-bond acceptors (Lipinski definition) is 6. The summed E-state index contributed by atoms with van der Waals surface area (Å²) in [5, 5.41) is 10.4. The Hall–Kier alpha value is -0.650. The minimum Gasteiger partial charge on any atom is -0.377 e. The quantitative estimate of drug-likeness (QED) is 0.258. The highest BCUT2D eigenvalue weighted by Gasteiger charge is 2.20. The Bertz CT molecular complexity index is 642. The van der Waals surface area contributed by atoms with Crippen LogP contribution in [0.25, 0.3) is 0 Å². The van der Waals surface area contributed by atoms with Crippen molar-refractivity contribution < 1.29 is 4.74 Å². The SMILES string of the molecule is CCNC(=NCCc1csc(N2CCCC2)n1)NC1CCN(CCOC(C)C)CC1.I. The molecule has 3 heterocycles. The summed E-state index contributed by atoms with van der Waals surface area (Å²) in [6.45, 7) is 14.4. The number of piperidine rings is 1. The molecule has 31 heavy (non-hydrogen) atoms. The van der Waals surface area contributed by atoms with Gasteiger partial charge in [0.2, 0.25) is 0 Å². The summed E-state index contributed by atoms with van der Waals surface area (Å²) in [6.07, 6.45) is 6.10. The first-order chi connectivity index (χ1) is 14.6. The van der Waals surface area contributed by atoms with Gasteiger partial charge in [0.15, 0.2) is 11.1 Å². The minimum absolute atomic E-state index is 0. The molecule has 0 saturated carbocycles. The number of ether oxygens (including phenoxy) is 1. The molecule has 0 bridgehead atoms. The van der Waals surface area contributed by atoms with E-state index in [0.717, 1.165) is 77.6 Å². The second-order valence-electron chi connectivity index (χ2n) is 8.51. The van der Waals surface area contributed by atoms with Crippen LogP contribution in [0.2, 0.25) is 0 Å². The highest BCUT2D eigenvalue weighted by Crippen LogP contribution is 2.24. The first-order valence-corrected chi connectivity index (χ1v) is 12.6. The van der Waals surface area contributed by atoms with Crippen LogP contribution in [0.15, 0.2) is 10.4 Å². The zero-order valence-electron chi connectivity index (χ0n) is 19.4. The van der Waals surface area contributed by atoms with E-state index in [0.29, 0.717) is 12.1 Å². The third-order valence-electron chi connectivity index (χ3n) is 5.69. The molecule has 2 N–H and O–H groups in total. The summed E-state index contributed by atoms with van der Waals surface area (Å²) in [6, 6.07) is 0.492. The molecule has 2 aliphatic heterocycles. The molecule has 3 rings (SSSR count). The van der Waals surface area contributed by atoms with Crippen molar-refractivity contribution in [2.75, 3.05) is 57.3 Å². The van der Waals surface area contributed by atoms with Gasteiger partial charge >= 0.3 is 0 Å². The number of aliphatic imine (C=N–C) groups is 1. The van der Waals surface area contributed by atoms with E-state index in [1.807, 2.05) is 0 Å². The van der Waals surface area contributed by atoms with Crippen molar-refractivity contribution >= 4 is 46.4 Å². The lowest BCUT2D eigenvalue weighted by Crippen LogP contribution is -2.49. The highest BCUT2D eigenvalue weighted by atomic mass is 127. The molecular formula is C22H41IN6OS. The molecule has 2 aliphatic rings. The summed E-state index contributed by atoms with van der Waals surface area (Å²) in [5.41, 5.74) is 1.17. The monoisotopic (exact) mass is 564 g/mol. The van der Waals surface area contributed by atoms with E-state index in [1.165, 1.54) is 23.7 Å². The summed E-state index contributed by atoms with van der Waals surface area (Å²) in [4.78, 5) is 14.5. The van der Waals surface area contributed by atoms with Crippen molar-refractivity contribution in [3.63, 3.8) is 0 Å². The maximum absolute atomic E-state index is 5.69. The Balaban J connectivity index is 0.00000341. The number of guanidine groups is 1. The van der Waals surface area contributed by atoms with Crippen molar-refractivity contribution in [2.45, 2.75) is 65.0 Å². The minimum atomic E-state index is 0. The van der Waals surface area contributed by atoms with Gasteiger partial charge in [-0.15, -0.1) is 35.3 Å². The summed E-state index contributed by atoms with van der Waals surface area (Å²) < 4.78 is 5.69. The van der Waals surface area contributed by atoms with Gasteiger partial charge in [-0.25, -0.2) is 4.98 Å². The van der Waals surface area contributed by atoms with Gasteiger partial charge < -0.3 is 25.2 Å². The molecule has 0 aromatic carbocycles. The number of rotatable bonds is 10. The number of nitrogens with one attached hydrogen (secondary N) is 2. The predicted molar refractivity (Wildman–Crippen MR) is 142 cm³/mol. The number of likely N-dealkylation sites (tertiary alicyclic amines) is 1. The second-order valence-corrected chi connectivity index (χ2v) is 9.34. The van der Waals surface area contributed by atoms with E-state index in [1.54, 1.807) is 11.3 Å². The Labute approximate surface area is 209 Å². The number of halogens is 1. The van der Waals surface area contributed by atoms with Gasteiger partial charge in [0.1, 0.15) is 0 Å². The molecule has 1 aromatic rings. The van der Waals surface area contributed by atoms with Crippen molar-refractivity contribution in [3.8, 4) is 0 Å². The van der Waals surface area contributed by atoms with E-state index in [4.69, 9.17) is 14.7 Å². The molecule has 9 heteroatoms. The summed E-state index contributed by atoms with van der Waals surface area (Å²) in [7, 11) is 0. The largest absolute Gasteiger partial charge is 0.377 e. The average molecular weight is 565 g/mol. The van der Waals surface area contributed by atoms with Crippen LogP contribution in [0, 0.1) is 0 Å². The normalized spacial score (nSPS) is 18.5. The van der Waals surface area contributed by atoms with Crippen LogP contribution in [0.4, 0.5) is 5.13 Å². The van der Waals surface area contributed by atoms with E-state index < -0.39 is 0 Å². The standard InChI is InChI=1S/C22H40N6OS.HI/c1-4-23-21(25-19-8-13-27(14-9-19)15-16-29-18(2)3)24-10-7-20-17-30-22(26-20)28-11-5-6-12-28;/h17-19H,4-16H2,1-3H3,(H2,23,24,25);1H. The van der Waals surface area contributed by atoms with Crippen molar-refractivity contribution in [1.82, 2.24) is 20.5 Å². The highest BCUT2D eigenvalue weighted by molar-refractivity contribution is 14.0. The molecule has 0 unspecified atom stereocenters. The molecule has 1 aromatic heterocycles. The first kappa shape index (κ1) is 26.6. The van der Waals surface area contributed by atoms with Gasteiger partial charge in [0, 0.05) is 63.7 Å². The van der Waals surface area contributed by atoms with Gasteiger partial charge in [-0.1, -0.05) is 0 Å². The molecule has 178 valence electrons. The lowest BCUT2D eigenvalue weighted by molar-refractivity contribution is 0.0532. The Morgan fingerprint density at radius 1 is 1.26 bits per heavy atom. The summed E-state index contributed by atoms with van der Waals surface area (Å²) in [5.74, 6) is 0.939. The summed E-state index contributed by atoms with van der Waals surface area (Å²) >= 11 is 1.77. The maximum Gasteiger partial charge on any atom is 0.191 e. The third-order valence-corrected chi connectivity index (χ3v) is 6.64. The Morgan fingerprint density at radius 2 is 2.00 bits per heavy atom. The van der Waals surface area contributed by atoms with Gasteiger partial charge in [0.05, 0.1) is 18.4 Å². The second kappa shape index (κ2) is 14.5. The lowest BCUT2D eigenvalue weighted by atomic mass is 10.1. The van der Waals surface area contributed by atoms with Crippen LogP contribution in [0.5, 0.6) is 0 Å². The van der Waals surface area contributed by atoms with Crippen molar-refractivity contribution in [1.29, 1.82) is 0 Å². The van der Waals surface area contributed by atoms with Gasteiger partial charge in [0.25, 0.3) is 0 Å². The van der Waals surface area contributed by atoms with Crippen LogP contribution in [0.3, 0.4) is 0 Å². The molecule has 0 radical (unpaired) electrons. The molecule has 0 amide bonds. The molecule has 0 atom stereocenters. The van der Waals surface area contributed by atoms with E-state index in [-0.39, 0.29) is 24.0 Å². The molecular weight excluding hydrogens is 523 g/mol. The van der Waals surface area contributed by atoms with Crippen molar-refractivity contribution in [3.05, 3.63) is 11.1 Å². The van der Waals surface area contributed by atoms with E-state index >= 15 is 0 Å². The fourth-order valence-electron chi connectivity index (χ4n) is 3.98. The van der Waals surface area contributed by atoms with Crippen LogP contribution in [0.1, 0.15) is 52.1 Å². The first-order valence-electron chi connectivity index (χ1n) is 11.7. The molecule has 7 nitrogen and oxygen atoms in total. The van der Waals surface area contributed by atoms with Crippen LogP contribution < -0.4 is 15.5 Å². The number of anilines is 1. The molecule has 0 spiro atoms. The zero-order chi connectivity index (χ0) is 21.2. The van der Waals surface area contributed by atoms with Gasteiger partial charge in [-0.05, 0) is 46.5 Å². The number of thiazole rings is 1. The van der Waals surface area contributed by atoms with E-state index in [2.05, 4.69) is 46.6 Å². The third kappa shape index (κ3) is 9.39. The molecule has 2 saturated heterocycles. The van der Waals surface area contributed by atoms with Crippen LogP contribution in [-0.2, 0) is 11.2 Å². The van der Waals surface area contributed by atoms with Crippen LogP contribution in [-0.4, -0.2) is 80.4 Å². The number of aromatic nitrogens is 1. The zero-order valence-corrected chi connectivity index (χ0v) is 22.6. The van der Waals surface area contributed by atoms with E-state index in [9.17, 15) is 0 Å². The molecule has 2 fully saturated rings. The van der Waals surface area contributed by atoms with Gasteiger partial charge in [-0.3, -0.25) is 4.99 Å². The fraction of sp³-hybridized carbons (Fsp3) is 0.818. The Kier molecular flexibility index (Phi) is 12.4. The average Bonchev–Trinajstić information content (AvgIpc) is 3.41. The number of hydrogen-bond donors (Lipinski definition) is 2. The number of nitrogens with zero attached hydrogens (tertiary/aromatic N) is 4. The molecule has 0 aliphatic carbocycles. The smallest absolute Gasteiger partial charge is 0.191 e. The predicted octanol–water partition coefficient (Wildman–Crippen LogP) is 3.35.